The molecule has 2 fully saturated rings. The monoisotopic (exact) mass is 377 g/mol. The van der Waals surface area contributed by atoms with Gasteiger partial charge in [0.05, 0.1) is 26.9 Å². The highest BCUT2D eigenvalue weighted by molar-refractivity contribution is 5.80. The van der Waals surface area contributed by atoms with Crippen molar-refractivity contribution in [2.75, 3.05) is 54.1 Å². The second-order valence-corrected chi connectivity index (χ2v) is 6.81. The largest absolute Gasteiger partial charge is 0.497 e. The van der Waals surface area contributed by atoms with Crippen LogP contribution in [0.2, 0.25) is 0 Å². The van der Waals surface area contributed by atoms with Gasteiger partial charge in [0.25, 0.3) is 0 Å². The molecule has 3 rings (SSSR count). The minimum atomic E-state index is 0.123. The highest BCUT2D eigenvalue weighted by atomic mass is 16.5. The van der Waals surface area contributed by atoms with Crippen LogP contribution < -0.4 is 14.8 Å². The van der Waals surface area contributed by atoms with Crippen molar-refractivity contribution in [3.63, 3.8) is 0 Å². The first-order valence-electron chi connectivity index (χ1n) is 9.65. The number of hydrogen-bond acceptors (Lipinski definition) is 5. The van der Waals surface area contributed by atoms with Crippen molar-refractivity contribution in [3.05, 3.63) is 23.8 Å². The van der Waals surface area contributed by atoms with E-state index in [1.807, 2.05) is 25.2 Å². The number of benzene rings is 1. The first-order chi connectivity index (χ1) is 13.2. The van der Waals surface area contributed by atoms with Gasteiger partial charge in [0.1, 0.15) is 17.6 Å². The van der Waals surface area contributed by atoms with Crippen LogP contribution in [-0.4, -0.2) is 77.2 Å². The van der Waals surface area contributed by atoms with Crippen LogP contribution in [-0.2, 0) is 15.9 Å². The maximum atomic E-state index is 5.94. The average Bonchev–Trinajstić information content (AvgIpc) is 3.26. The summed E-state index contributed by atoms with van der Waals surface area (Å²) in [5.74, 6) is 2.61. The van der Waals surface area contributed by atoms with Gasteiger partial charge in [-0.3, -0.25) is 4.99 Å². The SMILES string of the molecule is CN=C(NCCc1cc(OC)ccc1OC)N1CCOC(C2CCCO2)C1. The molecular formula is C20H31N3O4. The van der Waals surface area contributed by atoms with Crippen LogP contribution in [0.1, 0.15) is 18.4 Å². The van der Waals surface area contributed by atoms with E-state index in [4.69, 9.17) is 18.9 Å². The summed E-state index contributed by atoms with van der Waals surface area (Å²) in [5, 5.41) is 3.47. The number of hydrogen-bond donors (Lipinski definition) is 1. The number of aliphatic imine (C=N–C) groups is 1. The summed E-state index contributed by atoms with van der Waals surface area (Å²) in [4.78, 5) is 6.72. The van der Waals surface area contributed by atoms with Crippen LogP contribution in [0.3, 0.4) is 0 Å². The molecule has 0 amide bonds. The van der Waals surface area contributed by atoms with Crippen molar-refractivity contribution in [1.82, 2.24) is 10.2 Å². The van der Waals surface area contributed by atoms with Gasteiger partial charge >= 0.3 is 0 Å². The van der Waals surface area contributed by atoms with Gasteiger partial charge < -0.3 is 29.2 Å². The molecule has 27 heavy (non-hydrogen) atoms. The molecule has 2 aliphatic heterocycles. The fourth-order valence-electron chi connectivity index (χ4n) is 3.71. The van der Waals surface area contributed by atoms with Gasteiger partial charge in [-0.15, -0.1) is 0 Å². The molecule has 7 nitrogen and oxygen atoms in total. The fourth-order valence-corrected chi connectivity index (χ4v) is 3.71. The predicted octanol–water partition coefficient (Wildman–Crippen LogP) is 1.70. The lowest BCUT2D eigenvalue weighted by molar-refractivity contribution is -0.0816. The summed E-state index contributed by atoms with van der Waals surface area (Å²) in [6.45, 7) is 3.96. The Morgan fingerprint density at radius 3 is 2.78 bits per heavy atom. The van der Waals surface area contributed by atoms with Gasteiger partial charge in [0, 0.05) is 33.3 Å². The summed E-state index contributed by atoms with van der Waals surface area (Å²) in [6.07, 6.45) is 3.36. The van der Waals surface area contributed by atoms with Crippen molar-refractivity contribution < 1.29 is 18.9 Å². The summed E-state index contributed by atoms with van der Waals surface area (Å²) < 4.78 is 22.5. The van der Waals surface area contributed by atoms with Crippen molar-refractivity contribution >= 4 is 5.96 Å². The Labute approximate surface area is 161 Å². The zero-order valence-electron chi connectivity index (χ0n) is 16.6. The topological polar surface area (TPSA) is 64.6 Å². The molecule has 2 heterocycles. The Balaban J connectivity index is 1.54. The number of ether oxygens (including phenoxy) is 4. The van der Waals surface area contributed by atoms with Crippen molar-refractivity contribution in [2.24, 2.45) is 4.99 Å². The summed E-state index contributed by atoms with van der Waals surface area (Å²) in [7, 11) is 5.19. The lowest BCUT2D eigenvalue weighted by Gasteiger charge is -2.37. The molecule has 0 aromatic heterocycles. The molecule has 1 aromatic carbocycles. The molecule has 150 valence electrons. The first-order valence-corrected chi connectivity index (χ1v) is 9.65. The first kappa shape index (κ1) is 19.8. The Kier molecular flexibility index (Phi) is 7.18. The molecule has 0 spiro atoms. The molecule has 0 radical (unpaired) electrons. The maximum Gasteiger partial charge on any atom is 0.193 e. The fraction of sp³-hybridized carbons (Fsp3) is 0.650. The molecule has 1 aromatic rings. The van der Waals surface area contributed by atoms with Crippen molar-refractivity contribution in [1.29, 1.82) is 0 Å². The third-order valence-electron chi connectivity index (χ3n) is 5.15. The van der Waals surface area contributed by atoms with E-state index in [2.05, 4.69) is 15.2 Å². The van der Waals surface area contributed by atoms with E-state index in [-0.39, 0.29) is 12.2 Å². The molecule has 2 saturated heterocycles. The summed E-state index contributed by atoms with van der Waals surface area (Å²) in [5.41, 5.74) is 1.11. The number of guanidine groups is 1. The normalized spacial score (nSPS) is 23.4. The Hall–Kier alpha value is -1.99. The Morgan fingerprint density at radius 2 is 2.07 bits per heavy atom. The molecule has 0 saturated carbocycles. The van der Waals surface area contributed by atoms with E-state index in [1.54, 1.807) is 14.2 Å². The van der Waals surface area contributed by atoms with Crippen LogP contribution in [0, 0.1) is 0 Å². The quantitative estimate of drug-likeness (QED) is 0.601. The van der Waals surface area contributed by atoms with Gasteiger partial charge in [-0.05, 0) is 43.0 Å². The van der Waals surface area contributed by atoms with Crippen LogP contribution in [0.4, 0.5) is 0 Å². The summed E-state index contributed by atoms with van der Waals surface area (Å²) in [6, 6.07) is 5.87. The van der Waals surface area contributed by atoms with Gasteiger partial charge in [-0.1, -0.05) is 0 Å². The Bertz CT molecular complexity index is 632. The second-order valence-electron chi connectivity index (χ2n) is 6.81. The number of nitrogens with one attached hydrogen (secondary N) is 1. The molecule has 0 bridgehead atoms. The van der Waals surface area contributed by atoms with Gasteiger partial charge in [-0.25, -0.2) is 0 Å². The molecule has 0 aliphatic carbocycles. The van der Waals surface area contributed by atoms with Crippen molar-refractivity contribution in [3.8, 4) is 11.5 Å². The number of rotatable bonds is 6. The van der Waals surface area contributed by atoms with Gasteiger partial charge in [0.2, 0.25) is 0 Å². The summed E-state index contributed by atoms with van der Waals surface area (Å²) >= 11 is 0. The minimum absolute atomic E-state index is 0.123. The average molecular weight is 377 g/mol. The van der Waals surface area contributed by atoms with Crippen LogP contribution in [0.5, 0.6) is 11.5 Å². The molecule has 7 heteroatoms. The van der Waals surface area contributed by atoms with E-state index < -0.39 is 0 Å². The van der Waals surface area contributed by atoms with Crippen molar-refractivity contribution in [2.45, 2.75) is 31.5 Å². The lowest BCUT2D eigenvalue weighted by Crippen LogP contribution is -2.53. The van der Waals surface area contributed by atoms with Crippen LogP contribution >= 0.6 is 0 Å². The van der Waals surface area contributed by atoms with E-state index in [0.717, 1.165) is 68.5 Å². The third-order valence-corrected chi connectivity index (χ3v) is 5.15. The highest BCUT2D eigenvalue weighted by Gasteiger charge is 2.32. The molecule has 1 N–H and O–H groups in total. The third kappa shape index (κ3) is 5.05. The zero-order chi connectivity index (χ0) is 19.1. The number of morpholine rings is 1. The smallest absolute Gasteiger partial charge is 0.193 e. The van der Waals surface area contributed by atoms with E-state index >= 15 is 0 Å². The van der Waals surface area contributed by atoms with Gasteiger partial charge in [-0.2, -0.15) is 0 Å². The zero-order valence-corrected chi connectivity index (χ0v) is 16.6. The van der Waals surface area contributed by atoms with Crippen LogP contribution in [0.25, 0.3) is 0 Å². The van der Waals surface area contributed by atoms with E-state index in [1.165, 1.54) is 0 Å². The predicted molar refractivity (Wildman–Crippen MR) is 105 cm³/mol. The maximum absolute atomic E-state index is 5.94. The highest BCUT2D eigenvalue weighted by Crippen LogP contribution is 2.24. The van der Waals surface area contributed by atoms with E-state index in [0.29, 0.717) is 6.61 Å². The lowest BCUT2D eigenvalue weighted by atomic mass is 10.1. The van der Waals surface area contributed by atoms with Crippen LogP contribution in [0.15, 0.2) is 23.2 Å². The molecule has 2 aliphatic rings. The number of methoxy groups -OCH3 is 2. The molecule has 2 unspecified atom stereocenters. The van der Waals surface area contributed by atoms with E-state index in [9.17, 15) is 0 Å². The standard InChI is InChI=1S/C20H31N3O4/c1-21-20(23-10-12-27-19(14-23)18-5-4-11-26-18)22-9-8-15-13-16(24-2)6-7-17(15)25-3/h6-7,13,18-19H,4-5,8-12,14H2,1-3H3,(H,21,22). The Morgan fingerprint density at radius 1 is 1.22 bits per heavy atom. The molecule has 2 atom stereocenters. The van der Waals surface area contributed by atoms with Gasteiger partial charge in [0.15, 0.2) is 5.96 Å². The molecular weight excluding hydrogens is 346 g/mol. The minimum Gasteiger partial charge on any atom is -0.497 e. The number of nitrogens with zero attached hydrogens (tertiary/aromatic N) is 2. The second kappa shape index (κ2) is 9.80.